The van der Waals surface area contributed by atoms with Crippen molar-refractivity contribution in [3.05, 3.63) is 11.6 Å². The Kier molecular flexibility index (Phi) is 5.44. The van der Waals surface area contributed by atoms with Crippen LogP contribution in [0.2, 0.25) is 0 Å². The fraction of sp³-hybridized carbons (Fsp3) is 0.900. The molecule has 1 saturated heterocycles. The van der Waals surface area contributed by atoms with Crippen molar-refractivity contribution in [2.45, 2.75) is 124 Å². The van der Waals surface area contributed by atoms with Crippen LogP contribution in [0.1, 0.15) is 100 Å². The molecule has 0 aromatic carbocycles. The van der Waals surface area contributed by atoms with Crippen molar-refractivity contribution >= 4 is 5.78 Å². The van der Waals surface area contributed by atoms with Crippen molar-refractivity contribution in [3.8, 4) is 0 Å². The Morgan fingerprint density at radius 3 is 2.29 bits per heavy atom. The first kappa shape index (κ1) is 25.0. The topological polar surface area (TPSA) is 66.8 Å². The van der Waals surface area contributed by atoms with Gasteiger partial charge in [-0.1, -0.05) is 53.2 Å². The molecule has 34 heavy (non-hydrogen) atoms. The largest absolute Gasteiger partial charge is 0.388 e. The summed E-state index contributed by atoms with van der Waals surface area (Å²) < 4.78 is 6.28. The van der Waals surface area contributed by atoms with Gasteiger partial charge in [0.05, 0.1) is 11.7 Å². The SMILES string of the molecule is CC(C1OC(C)(C)C(O)C1O)[C@@H]1CC[C@]2(C)C3=CCC4C(C)(C)C(=O)CC[C@]4(C)C3CC[C@@]12C. The van der Waals surface area contributed by atoms with Gasteiger partial charge in [-0.15, -0.1) is 0 Å². The van der Waals surface area contributed by atoms with Crippen molar-refractivity contribution in [3.63, 3.8) is 0 Å². The molecule has 6 unspecified atom stereocenters. The lowest BCUT2D eigenvalue weighted by atomic mass is 9.41. The third-order valence-corrected chi connectivity index (χ3v) is 12.6. The van der Waals surface area contributed by atoms with Crippen LogP contribution >= 0.6 is 0 Å². The molecule has 0 bridgehead atoms. The standard InChI is InChI=1S/C30H48O4/c1-17(24-23(32)25(33)27(4,5)34-24)18-11-15-30(8)20-9-10-21-26(2,3)22(31)13-14-28(21,6)19(20)12-16-29(18,30)7/h9,17-19,21,23-25,32-33H,10-16H2,1-8H3/t17?,18-,19?,21?,23?,24?,25?,28+,29-,30+/m0/s1. The van der Waals surface area contributed by atoms with Gasteiger partial charge in [0, 0.05) is 11.8 Å². The molecule has 0 aromatic heterocycles. The molecular weight excluding hydrogens is 424 g/mol. The van der Waals surface area contributed by atoms with Gasteiger partial charge >= 0.3 is 0 Å². The molecule has 10 atom stereocenters. The minimum absolute atomic E-state index is 0.145. The predicted octanol–water partition coefficient (Wildman–Crippen LogP) is 5.70. The highest BCUT2D eigenvalue weighted by atomic mass is 16.6. The average Bonchev–Trinajstić information content (AvgIpc) is 3.15. The maximum atomic E-state index is 12.8. The average molecular weight is 473 g/mol. The van der Waals surface area contributed by atoms with Crippen molar-refractivity contribution in [1.82, 2.24) is 0 Å². The number of aliphatic hydroxyl groups excluding tert-OH is 2. The zero-order valence-electron chi connectivity index (χ0n) is 22.8. The molecule has 4 aliphatic carbocycles. The first-order valence-corrected chi connectivity index (χ1v) is 13.9. The van der Waals surface area contributed by atoms with E-state index in [1.54, 1.807) is 5.57 Å². The molecule has 4 heteroatoms. The summed E-state index contributed by atoms with van der Waals surface area (Å²) in [6.45, 7) is 17.9. The molecule has 1 aliphatic heterocycles. The van der Waals surface area contributed by atoms with Crippen LogP contribution in [0.4, 0.5) is 0 Å². The second-order valence-corrected chi connectivity index (χ2v) is 14.6. The quantitative estimate of drug-likeness (QED) is 0.506. The normalized spacial score (nSPS) is 52.4. The van der Waals surface area contributed by atoms with E-state index in [0.717, 1.165) is 25.7 Å². The van der Waals surface area contributed by atoms with E-state index in [0.29, 0.717) is 23.5 Å². The molecule has 2 N–H and O–H groups in total. The van der Waals surface area contributed by atoms with E-state index >= 15 is 0 Å². The van der Waals surface area contributed by atoms with Crippen LogP contribution in [-0.4, -0.2) is 39.9 Å². The second kappa shape index (κ2) is 7.42. The summed E-state index contributed by atoms with van der Waals surface area (Å²) in [4.78, 5) is 12.8. The first-order chi connectivity index (χ1) is 15.6. The van der Waals surface area contributed by atoms with E-state index in [1.165, 1.54) is 19.3 Å². The summed E-state index contributed by atoms with van der Waals surface area (Å²) in [5.41, 5.74) is 1.24. The smallest absolute Gasteiger partial charge is 0.138 e. The van der Waals surface area contributed by atoms with Gasteiger partial charge in [0.15, 0.2) is 0 Å². The van der Waals surface area contributed by atoms with Gasteiger partial charge < -0.3 is 14.9 Å². The number of aliphatic hydroxyl groups is 2. The third-order valence-electron chi connectivity index (χ3n) is 12.6. The highest BCUT2D eigenvalue weighted by Crippen LogP contribution is 2.73. The van der Waals surface area contributed by atoms with Gasteiger partial charge in [-0.25, -0.2) is 0 Å². The molecule has 192 valence electrons. The summed E-state index contributed by atoms with van der Waals surface area (Å²) >= 11 is 0. The maximum Gasteiger partial charge on any atom is 0.138 e. The summed E-state index contributed by atoms with van der Waals surface area (Å²) in [5.74, 6) is 2.10. The molecule has 5 aliphatic rings. The number of rotatable bonds is 2. The van der Waals surface area contributed by atoms with E-state index in [1.807, 2.05) is 13.8 Å². The number of carbonyl (C=O) groups excluding carboxylic acids is 1. The van der Waals surface area contributed by atoms with Crippen LogP contribution in [0.15, 0.2) is 11.6 Å². The Labute approximate surface area is 206 Å². The summed E-state index contributed by atoms with van der Waals surface area (Å²) in [5, 5.41) is 21.5. The lowest BCUT2D eigenvalue weighted by Gasteiger charge is -2.63. The number of allylic oxidation sites excluding steroid dienone is 2. The lowest BCUT2D eigenvalue weighted by Crippen LogP contribution is -2.57. The van der Waals surface area contributed by atoms with Crippen LogP contribution in [0.25, 0.3) is 0 Å². The van der Waals surface area contributed by atoms with E-state index in [2.05, 4.69) is 47.6 Å². The van der Waals surface area contributed by atoms with Crippen LogP contribution in [0.5, 0.6) is 0 Å². The van der Waals surface area contributed by atoms with Crippen LogP contribution in [0.3, 0.4) is 0 Å². The number of hydrogen-bond acceptors (Lipinski definition) is 4. The molecule has 3 saturated carbocycles. The van der Waals surface area contributed by atoms with Gasteiger partial charge in [0.2, 0.25) is 0 Å². The van der Waals surface area contributed by atoms with Gasteiger partial charge in [-0.05, 0) is 92.3 Å². The van der Waals surface area contributed by atoms with Crippen molar-refractivity contribution < 1.29 is 19.7 Å². The number of hydrogen-bond donors (Lipinski definition) is 2. The fourth-order valence-electron chi connectivity index (χ4n) is 10.1. The minimum atomic E-state index is -0.841. The minimum Gasteiger partial charge on any atom is -0.388 e. The lowest BCUT2D eigenvalue weighted by molar-refractivity contribution is -0.146. The van der Waals surface area contributed by atoms with E-state index < -0.39 is 17.8 Å². The van der Waals surface area contributed by atoms with E-state index in [4.69, 9.17) is 4.74 Å². The number of ketones is 1. The predicted molar refractivity (Wildman–Crippen MR) is 134 cm³/mol. The van der Waals surface area contributed by atoms with Crippen molar-refractivity contribution in [1.29, 1.82) is 0 Å². The Morgan fingerprint density at radius 1 is 1.00 bits per heavy atom. The fourth-order valence-corrected chi connectivity index (χ4v) is 10.1. The third kappa shape index (κ3) is 2.97. The zero-order valence-corrected chi connectivity index (χ0v) is 22.8. The number of carbonyl (C=O) groups is 1. The van der Waals surface area contributed by atoms with Gasteiger partial charge in [-0.2, -0.15) is 0 Å². The Morgan fingerprint density at radius 2 is 1.68 bits per heavy atom. The first-order valence-electron chi connectivity index (χ1n) is 13.9. The summed E-state index contributed by atoms with van der Waals surface area (Å²) in [6, 6.07) is 0. The monoisotopic (exact) mass is 472 g/mol. The van der Waals surface area contributed by atoms with Gasteiger partial charge in [0.1, 0.15) is 18.0 Å². The molecule has 4 fully saturated rings. The molecule has 5 rings (SSSR count). The molecule has 4 nitrogen and oxygen atoms in total. The molecule has 0 radical (unpaired) electrons. The number of Topliss-reactive ketones (excluding diaryl/α,β-unsaturated/α-hetero) is 1. The second-order valence-electron chi connectivity index (χ2n) is 14.6. The zero-order chi connectivity index (χ0) is 25.1. The van der Waals surface area contributed by atoms with Gasteiger partial charge in [-0.3, -0.25) is 4.79 Å². The number of ether oxygens (including phenoxy) is 1. The highest BCUT2D eigenvalue weighted by molar-refractivity contribution is 5.85. The summed E-state index contributed by atoms with van der Waals surface area (Å²) in [7, 11) is 0. The Balaban J connectivity index is 1.47. The summed E-state index contributed by atoms with van der Waals surface area (Å²) in [6.07, 6.45) is 8.07. The van der Waals surface area contributed by atoms with E-state index in [9.17, 15) is 15.0 Å². The van der Waals surface area contributed by atoms with Crippen molar-refractivity contribution in [2.24, 2.45) is 45.3 Å². The van der Waals surface area contributed by atoms with Crippen LogP contribution in [-0.2, 0) is 9.53 Å². The highest BCUT2D eigenvalue weighted by Gasteiger charge is 2.66. The van der Waals surface area contributed by atoms with Gasteiger partial charge in [0.25, 0.3) is 0 Å². The van der Waals surface area contributed by atoms with E-state index in [-0.39, 0.29) is 33.7 Å². The molecule has 0 aromatic rings. The van der Waals surface area contributed by atoms with Crippen molar-refractivity contribution in [2.75, 3.05) is 0 Å². The Hall–Kier alpha value is -0.710. The molecule has 0 spiro atoms. The van der Waals surface area contributed by atoms with Crippen LogP contribution < -0.4 is 0 Å². The molecule has 1 heterocycles. The molecular formula is C30H48O4. The maximum absolute atomic E-state index is 12.8. The number of fused-ring (bicyclic) bond motifs is 5. The molecule has 0 amide bonds. The Bertz CT molecular complexity index is 903. The van der Waals surface area contributed by atoms with Crippen LogP contribution in [0, 0.1) is 45.3 Å².